The average molecular weight is 407 g/mol. The monoisotopic (exact) mass is 406 g/mol. The number of rotatable bonds is 4. The van der Waals surface area contributed by atoms with E-state index < -0.39 is 0 Å². The Kier molecular flexibility index (Phi) is 4.79. The lowest BCUT2D eigenvalue weighted by molar-refractivity contribution is 0.122. The largest absolute Gasteiger partial charge is 0.426 e. The number of pyridine rings is 1. The maximum absolute atomic E-state index is 6.52. The number of imidazole rings is 1. The minimum absolute atomic E-state index is 0.384. The number of aromatic nitrogens is 3. The van der Waals surface area contributed by atoms with Crippen LogP contribution in [0.5, 0.6) is 11.8 Å². The van der Waals surface area contributed by atoms with Crippen LogP contribution in [-0.4, -0.2) is 41.3 Å². The van der Waals surface area contributed by atoms with Gasteiger partial charge < -0.3 is 19.4 Å². The number of hydrogen-bond acceptors (Lipinski definition) is 5. The van der Waals surface area contributed by atoms with E-state index in [9.17, 15) is 0 Å². The molecule has 0 unspecified atom stereocenters. The first kappa shape index (κ1) is 18.0. The van der Waals surface area contributed by atoms with Gasteiger partial charge in [-0.3, -0.25) is 0 Å². The summed E-state index contributed by atoms with van der Waals surface area (Å²) in [4.78, 5) is 14.5. The molecule has 0 atom stereocenters. The fourth-order valence-electron chi connectivity index (χ4n) is 3.40. The number of H-pyrrole nitrogens is 1. The number of ether oxygens (including phenoxy) is 2. The van der Waals surface area contributed by atoms with E-state index in [1.165, 1.54) is 5.69 Å². The zero-order valence-electron chi connectivity index (χ0n) is 15.6. The van der Waals surface area contributed by atoms with Crippen molar-refractivity contribution in [2.24, 2.45) is 0 Å². The molecule has 146 valence electrons. The van der Waals surface area contributed by atoms with Crippen LogP contribution in [0.25, 0.3) is 22.4 Å². The van der Waals surface area contributed by atoms with Gasteiger partial charge in [-0.05, 0) is 30.3 Å². The van der Waals surface area contributed by atoms with Crippen LogP contribution in [0, 0.1) is 0 Å². The van der Waals surface area contributed by atoms with E-state index in [2.05, 4.69) is 32.0 Å². The molecule has 0 bridgehead atoms. The van der Waals surface area contributed by atoms with E-state index in [-0.39, 0.29) is 0 Å². The molecule has 6 nitrogen and oxygen atoms in total. The molecule has 1 aliphatic rings. The number of hydrogen-bond donors (Lipinski definition) is 1. The number of halogens is 1. The van der Waals surface area contributed by atoms with Gasteiger partial charge in [0.25, 0.3) is 0 Å². The Labute approximate surface area is 173 Å². The van der Waals surface area contributed by atoms with Gasteiger partial charge in [-0.2, -0.15) is 4.98 Å². The van der Waals surface area contributed by atoms with Crippen molar-refractivity contribution in [3.05, 3.63) is 65.7 Å². The number of fused-ring (bicyclic) bond motifs is 1. The Morgan fingerprint density at radius 1 is 0.966 bits per heavy atom. The van der Waals surface area contributed by atoms with Gasteiger partial charge in [-0.25, -0.2) is 4.98 Å². The molecular weight excluding hydrogens is 388 g/mol. The standard InChI is InChI=1S/C22H19ClN4O2/c23-18-14-19-21(26-22(24-19)29-17-4-2-1-3-5-17)25-20(18)15-6-8-16(9-7-15)27-10-12-28-13-11-27/h1-9,14H,10-13H2,(H,24,25,26). The maximum Gasteiger partial charge on any atom is 0.301 e. The number of benzene rings is 2. The third-order valence-corrected chi connectivity index (χ3v) is 5.17. The van der Waals surface area contributed by atoms with Crippen molar-refractivity contribution in [1.82, 2.24) is 15.0 Å². The second-order valence-electron chi connectivity index (χ2n) is 6.79. The minimum atomic E-state index is 0.384. The quantitative estimate of drug-likeness (QED) is 0.521. The summed E-state index contributed by atoms with van der Waals surface area (Å²) >= 11 is 6.52. The van der Waals surface area contributed by atoms with E-state index in [0.717, 1.165) is 37.4 Å². The molecule has 0 amide bonds. The third-order valence-electron chi connectivity index (χ3n) is 4.88. The van der Waals surface area contributed by atoms with E-state index in [4.69, 9.17) is 21.1 Å². The van der Waals surface area contributed by atoms with E-state index >= 15 is 0 Å². The van der Waals surface area contributed by atoms with Gasteiger partial charge in [0.05, 0.1) is 29.4 Å². The lowest BCUT2D eigenvalue weighted by atomic mass is 10.1. The Morgan fingerprint density at radius 3 is 2.48 bits per heavy atom. The van der Waals surface area contributed by atoms with Gasteiger partial charge in [-0.1, -0.05) is 41.9 Å². The number of morpholine rings is 1. The molecule has 29 heavy (non-hydrogen) atoms. The van der Waals surface area contributed by atoms with Crippen molar-refractivity contribution in [1.29, 1.82) is 0 Å². The second kappa shape index (κ2) is 7.73. The molecule has 5 rings (SSSR count). The normalized spacial score (nSPS) is 14.3. The van der Waals surface area contributed by atoms with Crippen LogP contribution in [0.2, 0.25) is 5.02 Å². The average Bonchev–Trinajstić information content (AvgIpc) is 3.15. The number of anilines is 1. The van der Waals surface area contributed by atoms with Crippen molar-refractivity contribution < 1.29 is 9.47 Å². The summed E-state index contributed by atoms with van der Waals surface area (Å²) in [6.45, 7) is 3.33. The van der Waals surface area contributed by atoms with E-state index in [1.807, 2.05) is 48.5 Å². The molecule has 2 aromatic heterocycles. The molecule has 7 heteroatoms. The summed E-state index contributed by atoms with van der Waals surface area (Å²) in [5.41, 5.74) is 4.11. The molecule has 1 fully saturated rings. The highest BCUT2D eigenvalue weighted by Gasteiger charge is 2.14. The first-order valence-electron chi connectivity index (χ1n) is 9.48. The van der Waals surface area contributed by atoms with Crippen LogP contribution in [0.1, 0.15) is 0 Å². The van der Waals surface area contributed by atoms with Crippen LogP contribution < -0.4 is 9.64 Å². The van der Waals surface area contributed by atoms with Gasteiger partial charge in [0, 0.05) is 24.3 Å². The van der Waals surface area contributed by atoms with Crippen molar-refractivity contribution in [3.8, 4) is 23.0 Å². The molecule has 0 saturated carbocycles. The third kappa shape index (κ3) is 3.77. The second-order valence-corrected chi connectivity index (χ2v) is 7.20. The molecular formula is C22H19ClN4O2. The highest BCUT2D eigenvalue weighted by molar-refractivity contribution is 6.33. The summed E-state index contributed by atoms with van der Waals surface area (Å²) < 4.78 is 11.2. The van der Waals surface area contributed by atoms with Crippen LogP contribution in [-0.2, 0) is 4.74 Å². The first-order valence-corrected chi connectivity index (χ1v) is 9.86. The Bertz CT molecular complexity index is 1120. The fourth-order valence-corrected chi connectivity index (χ4v) is 3.66. The van der Waals surface area contributed by atoms with E-state index in [0.29, 0.717) is 28.1 Å². The molecule has 1 aliphatic heterocycles. The molecule has 1 N–H and O–H groups in total. The number of nitrogens with zero attached hydrogens (tertiary/aromatic N) is 3. The number of aromatic amines is 1. The van der Waals surface area contributed by atoms with Crippen molar-refractivity contribution in [2.75, 3.05) is 31.2 Å². The predicted molar refractivity (Wildman–Crippen MR) is 114 cm³/mol. The van der Waals surface area contributed by atoms with Crippen LogP contribution >= 0.6 is 11.6 Å². The molecule has 0 spiro atoms. The molecule has 0 radical (unpaired) electrons. The van der Waals surface area contributed by atoms with Crippen LogP contribution in [0.4, 0.5) is 5.69 Å². The van der Waals surface area contributed by atoms with Gasteiger partial charge in [0.15, 0.2) is 5.65 Å². The van der Waals surface area contributed by atoms with Crippen molar-refractivity contribution in [3.63, 3.8) is 0 Å². The molecule has 3 heterocycles. The Morgan fingerprint density at radius 2 is 1.72 bits per heavy atom. The fraction of sp³-hybridized carbons (Fsp3) is 0.182. The lowest BCUT2D eigenvalue weighted by Crippen LogP contribution is -2.36. The minimum Gasteiger partial charge on any atom is -0.426 e. The summed E-state index contributed by atoms with van der Waals surface area (Å²) in [5.74, 6) is 0.705. The van der Waals surface area contributed by atoms with Crippen LogP contribution in [0.15, 0.2) is 60.7 Å². The Balaban J connectivity index is 1.43. The van der Waals surface area contributed by atoms with Crippen LogP contribution in [0.3, 0.4) is 0 Å². The SMILES string of the molecule is Clc1cc2[nH]c(Oc3ccccc3)nc2nc1-c1ccc(N2CCOCC2)cc1. The molecule has 2 aromatic carbocycles. The topological polar surface area (TPSA) is 63.3 Å². The van der Waals surface area contributed by atoms with Crippen molar-refractivity contribution >= 4 is 28.5 Å². The van der Waals surface area contributed by atoms with Crippen molar-refractivity contribution in [2.45, 2.75) is 0 Å². The summed E-state index contributed by atoms with van der Waals surface area (Å²) in [7, 11) is 0. The number of para-hydroxylation sites is 1. The smallest absolute Gasteiger partial charge is 0.301 e. The maximum atomic E-state index is 6.52. The van der Waals surface area contributed by atoms with Gasteiger partial charge in [-0.15, -0.1) is 0 Å². The molecule has 1 saturated heterocycles. The Hall–Kier alpha value is -3.09. The van der Waals surface area contributed by atoms with Gasteiger partial charge in [0.1, 0.15) is 5.75 Å². The summed E-state index contributed by atoms with van der Waals surface area (Å²) in [6, 6.07) is 20.0. The predicted octanol–water partition coefficient (Wildman–Crippen LogP) is 4.91. The zero-order valence-corrected chi connectivity index (χ0v) is 16.4. The molecule has 0 aliphatic carbocycles. The first-order chi connectivity index (χ1) is 14.3. The zero-order chi connectivity index (χ0) is 19.6. The van der Waals surface area contributed by atoms with E-state index in [1.54, 1.807) is 0 Å². The highest BCUT2D eigenvalue weighted by atomic mass is 35.5. The van der Waals surface area contributed by atoms with Gasteiger partial charge >= 0.3 is 6.01 Å². The number of nitrogens with one attached hydrogen (secondary N) is 1. The highest BCUT2D eigenvalue weighted by Crippen LogP contribution is 2.31. The summed E-state index contributed by atoms with van der Waals surface area (Å²) in [6.07, 6.45) is 0. The lowest BCUT2D eigenvalue weighted by Gasteiger charge is -2.28. The molecule has 4 aromatic rings. The summed E-state index contributed by atoms with van der Waals surface area (Å²) in [5, 5.41) is 0.562. The van der Waals surface area contributed by atoms with Gasteiger partial charge in [0.2, 0.25) is 0 Å².